The smallest absolute Gasteiger partial charge is 0.446 e. The van der Waals surface area contributed by atoms with Gasteiger partial charge in [0.2, 0.25) is 0 Å². The molecule has 138 valence electrons. The maximum atomic E-state index is 12.2. The molecule has 0 heterocycles. The molecule has 3 amide bonds. The molecule has 2 N–H and O–H groups in total. The van der Waals surface area contributed by atoms with E-state index < -0.39 is 29.5 Å². The average Bonchev–Trinajstić information content (AvgIpc) is 2.45. The van der Waals surface area contributed by atoms with Gasteiger partial charge in [0.05, 0.1) is 5.56 Å². The van der Waals surface area contributed by atoms with Crippen molar-refractivity contribution in [2.75, 3.05) is 0 Å². The molecular weight excluding hydrogens is 361 g/mol. The van der Waals surface area contributed by atoms with Crippen molar-refractivity contribution < 1.29 is 32.3 Å². The molecule has 0 aliphatic carbocycles. The Kier molecular flexibility index (Phi) is 7.28. The molecule has 0 aliphatic rings. The lowest BCUT2D eigenvalue weighted by Crippen LogP contribution is -2.46. The lowest BCUT2D eigenvalue weighted by atomic mass is 10.2. The highest BCUT2D eigenvalue weighted by Gasteiger charge is 2.29. The highest BCUT2D eigenvalue weighted by molar-refractivity contribution is 8.00. The van der Waals surface area contributed by atoms with Crippen LogP contribution < -0.4 is 10.6 Å². The van der Waals surface area contributed by atoms with Crippen molar-refractivity contribution in [3.05, 3.63) is 29.8 Å². The number of alkyl halides is 3. The second kappa shape index (κ2) is 8.75. The minimum absolute atomic E-state index is 0.0159. The van der Waals surface area contributed by atoms with E-state index in [2.05, 4.69) is 5.32 Å². The zero-order valence-electron chi connectivity index (χ0n) is 13.6. The van der Waals surface area contributed by atoms with E-state index in [-0.39, 0.29) is 28.3 Å². The predicted octanol–water partition coefficient (Wildman–Crippen LogP) is 3.08. The minimum atomic E-state index is -4.43. The molecule has 0 bridgehead atoms. The Morgan fingerprint density at radius 3 is 2.12 bits per heavy atom. The lowest BCUT2D eigenvalue weighted by Gasteiger charge is -2.14. The fraction of sp³-hybridized carbons (Fsp3) is 0.400. The van der Waals surface area contributed by atoms with Crippen LogP contribution in [0, 0.1) is 0 Å². The second-order valence-electron chi connectivity index (χ2n) is 5.24. The summed E-state index contributed by atoms with van der Waals surface area (Å²) < 4.78 is 41.6. The summed E-state index contributed by atoms with van der Waals surface area (Å²) >= 11 is -0.309. The number of hydrogen-bond acceptors (Lipinski definition) is 5. The number of imide groups is 1. The van der Waals surface area contributed by atoms with Crippen LogP contribution >= 0.6 is 11.8 Å². The number of thioether (sulfide) groups is 1. The van der Waals surface area contributed by atoms with Crippen molar-refractivity contribution in [1.29, 1.82) is 0 Å². The molecule has 25 heavy (non-hydrogen) atoms. The van der Waals surface area contributed by atoms with E-state index >= 15 is 0 Å². The third-order valence-electron chi connectivity index (χ3n) is 2.63. The van der Waals surface area contributed by atoms with Crippen LogP contribution in [-0.4, -0.2) is 35.6 Å². The molecule has 1 aromatic rings. The van der Waals surface area contributed by atoms with Gasteiger partial charge < -0.3 is 10.1 Å². The summed E-state index contributed by atoms with van der Waals surface area (Å²) in [5.41, 5.74) is -4.44. The number of urea groups is 1. The number of ether oxygens (including phenoxy) is 1. The van der Waals surface area contributed by atoms with Crippen molar-refractivity contribution in [1.82, 2.24) is 10.6 Å². The summed E-state index contributed by atoms with van der Waals surface area (Å²) in [5.74, 6) is -1.72. The van der Waals surface area contributed by atoms with Crippen molar-refractivity contribution >= 4 is 29.7 Å². The molecule has 6 nitrogen and oxygen atoms in total. The van der Waals surface area contributed by atoms with Crippen molar-refractivity contribution in [2.45, 2.75) is 43.3 Å². The topological polar surface area (TPSA) is 84.5 Å². The Morgan fingerprint density at radius 1 is 1.08 bits per heavy atom. The Balaban J connectivity index is 2.60. The van der Waals surface area contributed by atoms with E-state index in [4.69, 9.17) is 4.74 Å². The number of halogens is 3. The van der Waals surface area contributed by atoms with Gasteiger partial charge in [-0.1, -0.05) is 0 Å². The largest absolute Gasteiger partial charge is 0.449 e. The van der Waals surface area contributed by atoms with Crippen LogP contribution in [0.3, 0.4) is 0 Å². The zero-order chi connectivity index (χ0) is 19.2. The third kappa shape index (κ3) is 7.92. The van der Waals surface area contributed by atoms with Gasteiger partial charge in [0.15, 0.2) is 6.10 Å². The molecule has 0 fully saturated rings. The molecule has 10 heteroatoms. The van der Waals surface area contributed by atoms with Gasteiger partial charge in [-0.25, -0.2) is 9.59 Å². The predicted molar refractivity (Wildman–Crippen MR) is 85.0 cm³/mol. The Labute approximate surface area is 146 Å². The highest BCUT2D eigenvalue weighted by Crippen LogP contribution is 2.36. The molecule has 0 aliphatic heterocycles. The molecule has 0 unspecified atom stereocenters. The summed E-state index contributed by atoms with van der Waals surface area (Å²) in [6.45, 7) is 4.67. The van der Waals surface area contributed by atoms with E-state index in [1.165, 1.54) is 6.92 Å². The van der Waals surface area contributed by atoms with Gasteiger partial charge in [-0.05, 0) is 56.8 Å². The molecule has 0 saturated heterocycles. The van der Waals surface area contributed by atoms with Crippen LogP contribution in [0.4, 0.5) is 18.0 Å². The summed E-state index contributed by atoms with van der Waals surface area (Å²) in [7, 11) is 0. The molecule has 0 spiro atoms. The van der Waals surface area contributed by atoms with Gasteiger partial charge in [-0.15, -0.1) is 0 Å². The van der Waals surface area contributed by atoms with Crippen LogP contribution in [-0.2, 0) is 9.53 Å². The lowest BCUT2D eigenvalue weighted by molar-refractivity contribution is -0.127. The SMILES string of the molecule is CC(C)NC(=O)NC(=O)[C@@H](C)OC(=O)c1ccc(SC(F)(F)F)cc1. The maximum Gasteiger partial charge on any atom is 0.446 e. The van der Waals surface area contributed by atoms with Gasteiger partial charge >= 0.3 is 17.5 Å². The maximum absolute atomic E-state index is 12.2. The first-order valence-electron chi connectivity index (χ1n) is 7.16. The number of nitrogens with one attached hydrogen (secondary N) is 2. The Morgan fingerprint density at radius 2 is 1.64 bits per heavy atom. The number of hydrogen-bond donors (Lipinski definition) is 2. The number of carbonyl (C=O) groups excluding carboxylic acids is 3. The molecule has 0 aromatic heterocycles. The molecule has 1 atom stereocenters. The first kappa shape index (κ1) is 20.8. The van der Waals surface area contributed by atoms with Crippen molar-refractivity contribution in [2.24, 2.45) is 0 Å². The minimum Gasteiger partial charge on any atom is -0.449 e. The number of amides is 3. The van der Waals surface area contributed by atoms with Crippen LogP contribution in [0.2, 0.25) is 0 Å². The van der Waals surface area contributed by atoms with Gasteiger partial charge in [-0.3, -0.25) is 10.1 Å². The van der Waals surface area contributed by atoms with Crippen LogP contribution in [0.15, 0.2) is 29.2 Å². The van der Waals surface area contributed by atoms with Crippen LogP contribution in [0.25, 0.3) is 0 Å². The van der Waals surface area contributed by atoms with E-state index in [1.54, 1.807) is 13.8 Å². The fourth-order valence-electron chi connectivity index (χ4n) is 1.59. The molecule has 1 aromatic carbocycles. The number of benzene rings is 1. The van der Waals surface area contributed by atoms with Crippen molar-refractivity contribution in [3.8, 4) is 0 Å². The van der Waals surface area contributed by atoms with E-state index in [1.807, 2.05) is 5.32 Å². The van der Waals surface area contributed by atoms with E-state index in [0.29, 0.717) is 0 Å². The van der Waals surface area contributed by atoms with Gasteiger partial charge in [0.25, 0.3) is 5.91 Å². The van der Waals surface area contributed by atoms with Gasteiger partial charge in [-0.2, -0.15) is 13.2 Å². The normalized spacial score (nSPS) is 12.4. The number of esters is 1. The average molecular weight is 378 g/mol. The fourth-order valence-corrected chi connectivity index (χ4v) is 2.13. The summed E-state index contributed by atoms with van der Waals surface area (Å²) in [6, 6.07) is 3.65. The zero-order valence-corrected chi connectivity index (χ0v) is 14.5. The van der Waals surface area contributed by atoms with Crippen molar-refractivity contribution in [3.63, 3.8) is 0 Å². The standard InChI is InChI=1S/C15H17F3N2O4S/c1-8(2)19-14(23)20-12(21)9(3)24-13(22)10-4-6-11(7-5-10)25-15(16,17)18/h4-9H,1-3H3,(H2,19,20,21,23)/t9-/m1/s1. The third-order valence-corrected chi connectivity index (χ3v) is 3.37. The summed E-state index contributed by atoms with van der Waals surface area (Å²) in [5, 5.41) is 4.44. The van der Waals surface area contributed by atoms with E-state index in [9.17, 15) is 27.6 Å². The highest BCUT2D eigenvalue weighted by atomic mass is 32.2. The first-order chi connectivity index (χ1) is 11.5. The van der Waals surface area contributed by atoms with Gasteiger partial charge in [0, 0.05) is 10.9 Å². The second-order valence-corrected chi connectivity index (χ2v) is 6.38. The van der Waals surface area contributed by atoms with Crippen LogP contribution in [0.5, 0.6) is 0 Å². The monoisotopic (exact) mass is 378 g/mol. The van der Waals surface area contributed by atoms with Gasteiger partial charge in [0.1, 0.15) is 0 Å². The Hall–Kier alpha value is -2.23. The summed E-state index contributed by atoms with van der Waals surface area (Å²) in [6.07, 6.45) is -1.25. The molecule has 1 rings (SSSR count). The molecule has 0 saturated carbocycles. The quantitative estimate of drug-likeness (QED) is 0.608. The number of rotatable bonds is 5. The van der Waals surface area contributed by atoms with Crippen LogP contribution in [0.1, 0.15) is 31.1 Å². The van der Waals surface area contributed by atoms with E-state index in [0.717, 1.165) is 24.3 Å². The molecule has 0 radical (unpaired) electrons. The first-order valence-corrected chi connectivity index (χ1v) is 7.97. The number of carbonyl (C=O) groups is 3. The summed E-state index contributed by atoms with van der Waals surface area (Å²) in [4.78, 5) is 34.9. The molecular formula is C15H17F3N2O4S. The Bertz CT molecular complexity index is 633.